The zero-order valence-corrected chi connectivity index (χ0v) is 17.7. The monoisotopic (exact) mass is 379 g/mol. The highest BCUT2D eigenvalue weighted by Crippen LogP contribution is 2.36. The van der Waals surface area contributed by atoms with Crippen LogP contribution in [0.25, 0.3) is 16.7 Å². The lowest BCUT2D eigenvalue weighted by Gasteiger charge is -2.22. The average molecular weight is 380 g/mol. The van der Waals surface area contributed by atoms with Gasteiger partial charge in [-0.1, -0.05) is 39.0 Å². The number of hydrogen-bond acceptors (Lipinski definition) is 4. The molecule has 0 fully saturated rings. The van der Waals surface area contributed by atoms with Gasteiger partial charge >= 0.3 is 0 Å². The molecule has 2 aromatic carbocycles. The van der Waals surface area contributed by atoms with Gasteiger partial charge < -0.3 is 5.11 Å². The molecule has 0 aliphatic rings. The van der Waals surface area contributed by atoms with Crippen molar-refractivity contribution in [1.82, 2.24) is 15.0 Å². The van der Waals surface area contributed by atoms with E-state index >= 15 is 0 Å². The second kappa shape index (κ2) is 8.38. The van der Waals surface area contributed by atoms with E-state index in [0.29, 0.717) is 5.69 Å². The Morgan fingerprint density at radius 1 is 1.04 bits per heavy atom. The summed E-state index contributed by atoms with van der Waals surface area (Å²) >= 11 is 0. The summed E-state index contributed by atoms with van der Waals surface area (Å²) < 4.78 is 0. The molecule has 28 heavy (non-hydrogen) atoms. The molecule has 0 saturated heterocycles. The highest BCUT2D eigenvalue weighted by atomic mass is 16.3. The van der Waals surface area contributed by atoms with Crippen LogP contribution in [-0.4, -0.2) is 25.9 Å². The largest absolute Gasteiger partial charge is 0.505 e. The van der Waals surface area contributed by atoms with Crippen molar-refractivity contribution in [2.75, 3.05) is 0 Å². The Bertz CT molecular complexity index is 1020. The fourth-order valence-electron chi connectivity index (χ4n) is 2.85. The second-order valence-electron chi connectivity index (χ2n) is 8.02. The first-order valence-electron chi connectivity index (χ1n) is 9.34. The zero-order valence-electron chi connectivity index (χ0n) is 17.7. The average Bonchev–Trinajstić information content (AvgIpc) is 2.99. The number of phenolic OH excluding ortho intramolecular Hbond substituents is 1. The molecule has 1 heterocycles. The lowest BCUT2D eigenvalue weighted by atomic mass is 9.85. The molecular weight excluding hydrogens is 350 g/mol. The summed E-state index contributed by atoms with van der Waals surface area (Å²) in [6, 6.07) is 9.89. The predicted octanol–water partition coefficient (Wildman–Crippen LogP) is 5.19. The highest BCUT2D eigenvalue weighted by Gasteiger charge is 2.22. The van der Waals surface area contributed by atoms with Crippen molar-refractivity contribution in [3.05, 3.63) is 59.2 Å². The molecule has 0 saturated carbocycles. The molecule has 1 aromatic heterocycles. The third kappa shape index (κ3) is 5.06. The van der Waals surface area contributed by atoms with Crippen LogP contribution in [0.3, 0.4) is 0 Å². The molecule has 1 N–H and O–H groups in total. The van der Waals surface area contributed by atoms with Crippen molar-refractivity contribution < 1.29 is 9.90 Å². The van der Waals surface area contributed by atoms with Crippen molar-refractivity contribution in [3.63, 3.8) is 0 Å². The zero-order chi connectivity index (χ0) is 21.1. The minimum absolute atomic E-state index is 0.109. The van der Waals surface area contributed by atoms with E-state index in [9.17, 15) is 9.90 Å². The molecule has 0 amide bonds. The Balaban J connectivity index is 0.000000409. The number of hydrogen-bond donors (Lipinski definition) is 1. The van der Waals surface area contributed by atoms with Gasteiger partial charge in [0.2, 0.25) is 0 Å². The maximum atomic E-state index is 10.7. The number of rotatable bonds is 2. The van der Waals surface area contributed by atoms with Gasteiger partial charge in [0.1, 0.15) is 22.5 Å². The number of carbonyl (C=O) groups excluding carboxylic acids is 1. The third-order valence-electron chi connectivity index (χ3n) is 4.19. The van der Waals surface area contributed by atoms with Gasteiger partial charge in [-0.3, -0.25) is 4.79 Å². The molecular formula is C23H29N3O2. The van der Waals surface area contributed by atoms with Crippen molar-refractivity contribution in [1.29, 1.82) is 0 Å². The first kappa shape index (κ1) is 21.4. The lowest BCUT2D eigenvalue weighted by Crippen LogP contribution is -2.13. The lowest BCUT2D eigenvalue weighted by molar-refractivity contribution is -0.112. The molecule has 0 bridgehead atoms. The fourth-order valence-corrected chi connectivity index (χ4v) is 2.85. The van der Waals surface area contributed by atoms with E-state index in [1.807, 2.05) is 51.1 Å². The van der Waals surface area contributed by atoms with E-state index in [2.05, 4.69) is 31.0 Å². The number of nitrogens with zero attached hydrogens (tertiary/aromatic N) is 3. The van der Waals surface area contributed by atoms with Gasteiger partial charge in [-0.05, 0) is 68.5 Å². The number of aryl methyl sites for hydroxylation is 2. The molecule has 5 heteroatoms. The molecule has 0 aliphatic carbocycles. The molecule has 0 atom stereocenters. The summed E-state index contributed by atoms with van der Waals surface area (Å²) in [6.45, 7) is 13.7. The van der Waals surface area contributed by atoms with Gasteiger partial charge in [0.15, 0.2) is 5.78 Å². The number of allylic oxidation sites excluding steroid dienone is 2. The minimum atomic E-state index is -0.145. The number of ketones is 1. The van der Waals surface area contributed by atoms with Crippen LogP contribution < -0.4 is 0 Å². The van der Waals surface area contributed by atoms with E-state index in [1.165, 1.54) is 17.8 Å². The van der Waals surface area contributed by atoms with E-state index in [4.69, 9.17) is 0 Å². The topological polar surface area (TPSA) is 68.0 Å². The number of aromatic nitrogens is 3. The van der Waals surface area contributed by atoms with Crippen molar-refractivity contribution in [2.24, 2.45) is 0 Å². The Morgan fingerprint density at radius 3 is 2.21 bits per heavy atom. The number of aromatic hydroxyl groups is 1. The van der Waals surface area contributed by atoms with E-state index in [1.54, 1.807) is 6.08 Å². The molecule has 148 valence electrons. The number of benzene rings is 2. The van der Waals surface area contributed by atoms with Gasteiger partial charge in [0.05, 0.1) is 0 Å². The van der Waals surface area contributed by atoms with Gasteiger partial charge in [-0.2, -0.15) is 0 Å². The molecule has 0 radical (unpaired) electrons. The summed E-state index contributed by atoms with van der Waals surface area (Å²) in [4.78, 5) is 11.5. The summed E-state index contributed by atoms with van der Waals surface area (Å²) in [5.41, 5.74) is 5.26. The summed E-state index contributed by atoms with van der Waals surface area (Å²) in [6.07, 6.45) is 3.25. The van der Waals surface area contributed by atoms with Crippen LogP contribution in [-0.2, 0) is 10.2 Å². The predicted molar refractivity (Wildman–Crippen MR) is 114 cm³/mol. The molecule has 0 unspecified atom stereocenters. The van der Waals surface area contributed by atoms with E-state index in [-0.39, 0.29) is 16.9 Å². The van der Waals surface area contributed by atoms with Crippen LogP contribution in [0.5, 0.6) is 5.75 Å². The van der Waals surface area contributed by atoms with Crippen LogP contribution >= 0.6 is 0 Å². The van der Waals surface area contributed by atoms with Crippen LogP contribution in [0.4, 0.5) is 0 Å². The number of fused-ring (bicyclic) bond motifs is 1. The Hall–Kier alpha value is -2.95. The maximum Gasteiger partial charge on any atom is 0.152 e. The summed E-state index contributed by atoms with van der Waals surface area (Å²) in [7, 11) is 0. The maximum absolute atomic E-state index is 10.7. The van der Waals surface area contributed by atoms with Gasteiger partial charge in [-0.25, -0.2) is 0 Å². The summed E-state index contributed by atoms with van der Waals surface area (Å²) in [5, 5.41) is 19.7. The molecule has 0 aliphatic heterocycles. The number of carbonyl (C=O) groups is 1. The van der Waals surface area contributed by atoms with Crippen LogP contribution in [0, 0.1) is 13.8 Å². The SMILES string of the molecule is C/C=C/C(C)=O.Cc1cc(-n2nc3ccc(C)cc3n2)c(O)c(C(C)(C)C)c1. The summed E-state index contributed by atoms with van der Waals surface area (Å²) in [5.74, 6) is 0.354. The van der Waals surface area contributed by atoms with Gasteiger partial charge in [0.25, 0.3) is 0 Å². The molecule has 3 rings (SSSR count). The Kier molecular flexibility index (Phi) is 6.39. The normalized spacial score (nSPS) is 11.5. The van der Waals surface area contributed by atoms with Gasteiger partial charge in [0, 0.05) is 5.56 Å². The quantitative estimate of drug-likeness (QED) is 0.622. The highest BCUT2D eigenvalue weighted by molar-refractivity contribution is 5.87. The number of phenols is 1. The first-order valence-corrected chi connectivity index (χ1v) is 9.34. The molecule has 0 spiro atoms. The van der Waals surface area contributed by atoms with Crippen molar-refractivity contribution >= 4 is 16.8 Å². The van der Waals surface area contributed by atoms with Crippen molar-refractivity contribution in [3.8, 4) is 11.4 Å². The van der Waals surface area contributed by atoms with E-state index in [0.717, 1.165) is 27.7 Å². The first-order chi connectivity index (χ1) is 13.0. The van der Waals surface area contributed by atoms with Crippen LogP contribution in [0.2, 0.25) is 0 Å². The molecule has 5 nitrogen and oxygen atoms in total. The smallest absolute Gasteiger partial charge is 0.152 e. The van der Waals surface area contributed by atoms with Gasteiger partial charge in [-0.15, -0.1) is 15.0 Å². The van der Waals surface area contributed by atoms with Crippen LogP contribution in [0.1, 0.15) is 51.3 Å². The second-order valence-corrected chi connectivity index (χ2v) is 8.02. The third-order valence-corrected chi connectivity index (χ3v) is 4.19. The molecule has 3 aromatic rings. The fraction of sp³-hybridized carbons (Fsp3) is 0.348. The van der Waals surface area contributed by atoms with Crippen LogP contribution in [0.15, 0.2) is 42.5 Å². The Labute approximate surface area is 166 Å². The minimum Gasteiger partial charge on any atom is -0.505 e. The Morgan fingerprint density at radius 2 is 1.68 bits per heavy atom. The standard InChI is InChI=1S/C18H21N3O.C5H8O/c1-11-6-7-14-15(9-11)20-21(19-14)16-10-12(2)8-13(17(16)22)18(3,4)5;1-3-4-5(2)6/h6-10,22H,1-5H3;3-4H,1-2H3/b;4-3+. The van der Waals surface area contributed by atoms with Crippen molar-refractivity contribution in [2.45, 2.75) is 53.9 Å². The van der Waals surface area contributed by atoms with E-state index < -0.39 is 0 Å².